The summed E-state index contributed by atoms with van der Waals surface area (Å²) in [6.45, 7) is 5.21. The van der Waals surface area contributed by atoms with Crippen LogP contribution >= 0.6 is 0 Å². The van der Waals surface area contributed by atoms with Gasteiger partial charge in [-0.15, -0.1) is 0 Å². The molecule has 5 rings (SSSR count). The highest BCUT2D eigenvalue weighted by Gasteiger charge is 2.24. The van der Waals surface area contributed by atoms with E-state index in [0.29, 0.717) is 17.8 Å². The molecule has 0 atom stereocenters. The Hall–Kier alpha value is -3.93. The normalized spacial score (nSPS) is 14.7. The van der Waals surface area contributed by atoms with E-state index in [1.54, 1.807) is 25.4 Å². The van der Waals surface area contributed by atoms with Crippen LogP contribution in [0.25, 0.3) is 22.3 Å². The molecule has 1 aliphatic rings. The van der Waals surface area contributed by atoms with Crippen LogP contribution in [0.1, 0.15) is 35.5 Å². The zero-order chi connectivity index (χ0) is 29.2. The number of anilines is 1. The number of amides is 1. The molecule has 214 valence electrons. The SMILES string of the molecule is COC(C)(C)CN(C)c1cccc(-c2ccc3cnc(CNC(=O)c4ccc5c(c4)S(=O)(=O)CCOC5)cc3n2)n1. The van der Waals surface area contributed by atoms with E-state index in [0.717, 1.165) is 28.1 Å². The van der Waals surface area contributed by atoms with Crippen molar-refractivity contribution < 1.29 is 22.7 Å². The van der Waals surface area contributed by atoms with Gasteiger partial charge in [-0.1, -0.05) is 12.1 Å². The van der Waals surface area contributed by atoms with Gasteiger partial charge in [0.15, 0.2) is 9.84 Å². The van der Waals surface area contributed by atoms with Gasteiger partial charge in [-0.05, 0) is 61.9 Å². The molecule has 11 heteroatoms. The zero-order valence-electron chi connectivity index (χ0n) is 23.5. The average Bonchev–Trinajstić information content (AvgIpc) is 3.12. The lowest BCUT2D eigenvalue weighted by atomic mass is 10.1. The number of sulfone groups is 1. The van der Waals surface area contributed by atoms with E-state index in [2.05, 4.69) is 10.3 Å². The Balaban J connectivity index is 1.33. The van der Waals surface area contributed by atoms with Crippen LogP contribution in [0, 0.1) is 0 Å². The number of hydrogen-bond donors (Lipinski definition) is 1. The van der Waals surface area contributed by atoms with E-state index < -0.39 is 15.7 Å². The van der Waals surface area contributed by atoms with Crippen LogP contribution in [0.2, 0.25) is 0 Å². The number of carbonyl (C=O) groups excluding carboxylic acids is 1. The highest BCUT2D eigenvalue weighted by atomic mass is 32.2. The van der Waals surface area contributed by atoms with Crippen LogP contribution in [0.15, 0.2) is 65.7 Å². The van der Waals surface area contributed by atoms with E-state index in [-0.39, 0.29) is 41.6 Å². The monoisotopic (exact) mass is 575 g/mol. The molecule has 1 N–H and O–H groups in total. The van der Waals surface area contributed by atoms with E-state index in [1.165, 1.54) is 6.07 Å². The standard InChI is InChI=1S/C30H33N5O5S/c1-30(2,39-4)19-35(3)28-7-5-6-24(34-28)25-11-10-21-16-31-23(15-26(21)33-25)17-32-29(36)20-8-9-22-18-40-12-13-41(37,38)27(22)14-20/h5-11,14-16H,12-13,17-19H2,1-4H3,(H,32,36). The number of likely N-dealkylation sites (N-methyl/N-ethyl adjacent to an activating group) is 1. The maximum absolute atomic E-state index is 12.9. The number of carbonyl (C=O) groups is 1. The van der Waals surface area contributed by atoms with Gasteiger partial charge in [-0.25, -0.2) is 18.4 Å². The lowest BCUT2D eigenvalue weighted by molar-refractivity contribution is 0.0298. The highest BCUT2D eigenvalue weighted by molar-refractivity contribution is 7.91. The fourth-order valence-electron chi connectivity index (χ4n) is 4.63. The summed E-state index contributed by atoms with van der Waals surface area (Å²) in [7, 11) is 0.166. The molecule has 0 aliphatic carbocycles. The smallest absolute Gasteiger partial charge is 0.251 e. The Labute approximate surface area is 239 Å². The van der Waals surface area contributed by atoms with Crippen LogP contribution in [-0.2, 0) is 32.5 Å². The molecule has 1 amide bonds. The Morgan fingerprint density at radius 3 is 2.71 bits per heavy atom. The number of methoxy groups -OCH3 is 1. The minimum Gasteiger partial charge on any atom is -0.377 e. The molecule has 1 aromatic carbocycles. The first-order valence-corrected chi connectivity index (χ1v) is 14.9. The lowest BCUT2D eigenvalue weighted by Crippen LogP contribution is -2.38. The molecule has 0 saturated carbocycles. The second-order valence-electron chi connectivity index (χ2n) is 10.6. The third-order valence-electron chi connectivity index (χ3n) is 7.04. The maximum atomic E-state index is 12.9. The molecule has 0 bridgehead atoms. The topological polar surface area (TPSA) is 124 Å². The van der Waals surface area contributed by atoms with Crippen molar-refractivity contribution in [1.82, 2.24) is 20.3 Å². The molecule has 0 radical (unpaired) electrons. The molecular formula is C30H33N5O5S. The molecule has 4 heterocycles. The number of hydrogen-bond acceptors (Lipinski definition) is 9. The molecule has 3 aromatic heterocycles. The zero-order valence-corrected chi connectivity index (χ0v) is 24.4. The predicted octanol–water partition coefficient (Wildman–Crippen LogP) is 3.79. The quantitative estimate of drug-likeness (QED) is 0.334. The number of nitrogens with zero attached hydrogens (tertiary/aromatic N) is 4. The second kappa shape index (κ2) is 11.5. The molecular weight excluding hydrogens is 542 g/mol. The van der Waals surface area contributed by atoms with Crippen molar-refractivity contribution in [1.29, 1.82) is 0 Å². The van der Waals surface area contributed by atoms with Gasteiger partial charge in [0, 0.05) is 37.8 Å². The number of rotatable bonds is 8. The van der Waals surface area contributed by atoms with Gasteiger partial charge in [0.2, 0.25) is 0 Å². The minimum absolute atomic E-state index is 0.108. The summed E-state index contributed by atoms with van der Waals surface area (Å²) in [5.41, 5.74) is 3.30. The largest absolute Gasteiger partial charge is 0.377 e. The van der Waals surface area contributed by atoms with Gasteiger partial charge in [0.1, 0.15) is 5.82 Å². The Morgan fingerprint density at radius 2 is 1.90 bits per heavy atom. The third kappa shape index (κ3) is 6.53. The summed E-state index contributed by atoms with van der Waals surface area (Å²) >= 11 is 0. The molecule has 0 spiro atoms. The average molecular weight is 576 g/mol. The Bertz CT molecular complexity index is 1710. The maximum Gasteiger partial charge on any atom is 0.251 e. The number of fused-ring (bicyclic) bond motifs is 2. The molecule has 0 saturated heterocycles. The van der Waals surface area contributed by atoms with E-state index in [9.17, 15) is 13.2 Å². The van der Waals surface area contributed by atoms with Crippen molar-refractivity contribution >= 4 is 32.5 Å². The van der Waals surface area contributed by atoms with Crippen molar-refractivity contribution in [3.63, 3.8) is 0 Å². The first-order valence-electron chi connectivity index (χ1n) is 13.3. The number of pyridine rings is 3. The first-order chi connectivity index (χ1) is 19.5. The van der Waals surface area contributed by atoms with Gasteiger partial charge in [-0.3, -0.25) is 9.78 Å². The number of aromatic nitrogens is 3. The van der Waals surface area contributed by atoms with Crippen molar-refractivity contribution in [2.45, 2.75) is 37.5 Å². The van der Waals surface area contributed by atoms with Gasteiger partial charge >= 0.3 is 0 Å². The van der Waals surface area contributed by atoms with E-state index in [4.69, 9.17) is 19.4 Å². The number of ether oxygens (including phenoxy) is 2. The van der Waals surface area contributed by atoms with Crippen molar-refractivity contribution in [3.8, 4) is 11.4 Å². The molecule has 10 nitrogen and oxygen atoms in total. The van der Waals surface area contributed by atoms with Gasteiger partial charge < -0.3 is 19.7 Å². The van der Waals surface area contributed by atoms with Crippen LogP contribution in [0.5, 0.6) is 0 Å². The fraction of sp³-hybridized carbons (Fsp3) is 0.333. The van der Waals surface area contributed by atoms with E-state index >= 15 is 0 Å². The van der Waals surface area contributed by atoms with E-state index in [1.807, 2.05) is 62.2 Å². The number of nitrogens with one attached hydrogen (secondary N) is 1. The summed E-state index contributed by atoms with van der Waals surface area (Å²) < 4.78 is 36.1. The fourth-order valence-corrected chi connectivity index (χ4v) is 6.02. The molecule has 0 unspecified atom stereocenters. The predicted molar refractivity (Wildman–Crippen MR) is 156 cm³/mol. The lowest BCUT2D eigenvalue weighted by Gasteiger charge is -2.29. The van der Waals surface area contributed by atoms with Gasteiger partial charge in [0.05, 0.1) is 58.6 Å². The molecule has 4 aromatic rings. The number of benzene rings is 1. The van der Waals surface area contributed by atoms with Crippen molar-refractivity contribution in [2.24, 2.45) is 0 Å². The minimum atomic E-state index is -3.51. The van der Waals surface area contributed by atoms with Crippen molar-refractivity contribution in [2.75, 3.05) is 38.0 Å². The van der Waals surface area contributed by atoms with Crippen LogP contribution in [0.4, 0.5) is 5.82 Å². The third-order valence-corrected chi connectivity index (χ3v) is 8.79. The summed E-state index contributed by atoms with van der Waals surface area (Å²) in [5, 5.41) is 3.69. The second-order valence-corrected chi connectivity index (χ2v) is 12.7. The summed E-state index contributed by atoms with van der Waals surface area (Å²) in [5.74, 6) is 0.313. The summed E-state index contributed by atoms with van der Waals surface area (Å²) in [6.07, 6.45) is 1.72. The summed E-state index contributed by atoms with van der Waals surface area (Å²) in [4.78, 5) is 29.2. The van der Waals surface area contributed by atoms with Crippen LogP contribution in [-0.4, -0.2) is 67.9 Å². The summed E-state index contributed by atoms with van der Waals surface area (Å²) in [6, 6.07) is 16.2. The molecule has 41 heavy (non-hydrogen) atoms. The van der Waals surface area contributed by atoms with Gasteiger partial charge in [-0.2, -0.15) is 0 Å². The molecule has 0 fully saturated rings. The van der Waals surface area contributed by atoms with Crippen molar-refractivity contribution in [3.05, 3.63) is 77.6 Å². The van der Waals surface area contributed by atoms with Crippen LogP contribution < -0.4 is 10.2 Å². The Morgan fingerprint density at radius 1 is 1.10 bits per heavy atom. The first kappa shape index (κ1) is 28.6. The van der Waals surface area contributed by atoms with Crippen LogP contribution in [0.3, 0.4) is 0 Å². The Kier molecular flexibility index (Phi) is 8.03. The highest BCUT2D eigenvalue weighted by Crippen LogP contribution is 2.25. The van der Waals surface area contributed by atoms with Gasteiger partial charge in [0.25, 0.3) is 5.91 Å². The molecule has 1 aliphatic heterocycles.